The van der Waals surface area contributed by atoms with Crippen molar-refractivity contribution in [1.29, 1.82) is 0 Å². The van der Waals surface area contributed by atoms with Gasteiger partial charge in [0.15, 0.2) is 0 Å². The van der Waals surface area contributed by atoms with Gasteiger partial charge in [0.1, 0.15) is 0 Å². The van der Waals surface area contributed by atoms with E-state index >= 15 is 0 Å². The maximum Gasteiger partial charge on any atom is 0.303 e. The van der Waals surface area contributed by atoms with Crippen molar-refractivity contribution in [3.05, 3.63) is 119 Å². The number of thiophene rings is 5. The van der Waals surface area contributed by atoms with Gasteiger partial charge >= 0.3 is 11.9 Å². The summed E-state index contributed by atoms with van der Waals surface area (Å²) in [5.74, 6) is -1.64. The number of carboxylic acids is 2. The lowest BCUT2D eigenvalue weighted by atomic mass is 10.1. The molecule has 0 aliphatic rings. The third kappa shape index (κ3) is 8.00. The van der Waals surface area contributed by atoms with Crippen molar-refractivity contribution in [2.45, 2.75) is 38.8 Å². The van der Waals surface area contributed by atoms with Gasteiger partial charge in [-0.15, -0.1) is 56.7 Å². The van der Waals surface area contributed by atoms with E-state index < -0.39 is 11.9 Å². The van der Waals surface area contributed by atoms with Crippen LogP contribution in [0.15, 0.2) is 97.1 Å². The van der Waals surface area contributed by atoms with E-state index in [1.807, 2.05) is 0 Å². The minimum absolute atomic E-state index is 0.0537. The van der Waals surface area contributed by atoms with E-state index in [0.29, 0.717) is 25.9 Å². The number of benzene rings is 2. The molecule has 0 fully saturated rings. The molecule has 7 aromatic rings. The van der Waals surface area contributed by atoms with E-state index in [2.05, 4.69) is 97.1 Å². The fourth-order valence-electron chi connectivity index (χ4n) is 5.82. The summed E-state index contributed by atoms with van der Waals surface area (Å²) >= 11 is 8.52. The van der Waals surface area contributed by atoms with Gasteiger partial charge in [0, 0.05) is 74.7 Å². The second-order valence-electron chi connectivity index (χ2n) is 12.0. The molecule has 0 atom stereocenters. The predicted octanol–water partition coefficient (Wildman–Crippen LogP) is 10.9. The second-order valence-corrected chi connectivity index (χ2v) is 17.4. The van der Waals surface area contributed by atoms with Gasteiger partial charge in [-0.3, -0.25) is 9.59 Å². The van der Waals surface area contributed by atoms with Gasteiger partial charge in [-0.2, -0.15) is 0 Å². The molecule has 11 heteroatoms. The summed E-state index contributed by atoms with van der Waals surface area (Å²) in [6.45, 7) is 1.02. The SMILES string of the molecule is NCc1ccc(-c2ccc(-c3cc(CCC(=O)O)c(-c4ccc(-c5sc(-c6ccc(-c7ccc(CN)cc7)s6)cc5CCC(=O)O)s4)s3)s2)cc1. The molecule has 2 aromatic carbocycles. The number of carbonyl (C=O) groups is 2. The molecule has 6 N–H and O–H groups in total. The Hall–Kier alpha value is -4.20. The first-order valence-corrected chi connectivity index (χ1v) is 20.4. The van der Waals surface area contributed by atoms with Crippen LogP contribution >= 0.6 is 56.7 Å². The molecule has 0 aliphatic heterocycles. The lowest BCUT2D eigenvalue weighted by Crippen LogP contribution is -1.97. The van der Waals surface area contributed by atoms with Crippen LogP contribution in [0.25, 0.3) is 59.9 Å². The first kappa shape index (κ1) is 35.2. The van der Waals surface area contributed by atoms with Crippen molar-refractivity contribution in [2.75, 3.05) is 0 Å². The van der Waals surface area contributed by atoms with Crippen LogP contribution in [-0.2, 0) is 35.5 Å². The van der Waals surface area contributed by atoms with Gasteiger partial charge in [-0.25, -0.2) is 0 Å². The first-order valence-electron chi connectivity index (χ1n) is 16.4. The maximum atomic E-state index is 11.6. The van der Waals surface area contributed by atoms with Gasteiger partial charge in [-0.1, -0.05) is 48.5 Å². The Morgan fingerprint density at radius 3 is 1.18 bits per heavy atom. The van der Waals surface area contributed by atoms with Gasteiger partial charge in [0.25, 0.3) is 0 Å². The molecule has 6 nitrogen and oxygen atoms in total. The van der Waals surface area contributed by atoms with Crippen molar-refractivity contribution in [3.63, 3.8) is 0 Å². The quantitative estimate of drug-likeness (QED) is 0.0873. The van der Waals surface area contributed by atoms with E-state index in [-0.39, 0.29) is 12.8 Å². The summed E-state index contributed by atoms with van der Waals surface area (Å²) in [6, 6.07) is 33.7. The van der Waals surface area contributed by atoms with E-state index in [9.17, 15) is 19.8 Å². The lowest BCUT2D eigenvalue weighted by Gasteiger charge is -2.01. The Bertz CT molecular complexity index is 2140. The average molecular weight is 767 g/mol. The summed E-state index contributed by atoms with van der Waals surface area (Å²) in [7, 11) is 0. The third-order valence-corrected chi connectivity index (χ3v) is 15.0. The normalized spacial score (nSPS) is 11.3. The van der Waals surface area contributed by atoms with Crippen molar-refractivity contribution in [3.8, 4) is 59.9 Å². The van der Waals surface area contributed by atoms with E-state index in [1.165, 1.54) is 9.75 Å². The van der Waals surface area contributed by atoms with Crippen molar-refractivity contribution < 1.29 is 19.8 Å². The number of carboxylic acid groups (broad SMARTS) is 2. The van der Waals surface area contributed by atoms with E-state index in [4.69, 9.17) is 11.5 Å². The average Bonchev–Trinajstić information content (AvgIpc) is 3.98. The van der Waals surface area contributed by atoms with Crippen LogP contribution in [0.2, 0.25) is 0 Å². The van der Waals surface area contributed by atoms with Crippen LogP contribution in [0, 0.1) is 0 Å². The highest BCUT2D eigenvalue weighted by Crippen LogP contribution is 2.49. The summed E-state index contributed by atoms with van der Waals surface area (Å²) < 4.78 is 0. The molecule has 0 aliphatic carbocycles. The number of aryl methyl sites for hydroxylation is 2. The van der Waals surface area contributed by atoms with Crippen LogP contribution in [0.4, 0.5) is 0 Å². The molecule has 0 saturated carbocycles. The molecule has 0 unspecified atom stereocenters. The fourth-order valence-corrected chi connectivity index (χ4v) is 11.7. The van der Waals surface area contributed by atoms with Crippen LogP contribution in [0.3, 0.4) is 0 Å². The molecule has 0 amide bonds. The highest BCUT2D eigenvalue weighted by molar-refractivity contribution is 7.30. The maximum absolute atomic E-state index is 11.6. The number of hydrogen-bond acceptors (Lipinski definition) is 9. The topological polar surface area (TPSA) is 127 Å². The lowest BCUT2D eigenvalue weighted by molar-refractivity contribution is -0.138. The van der Waals surface area contributed by atoms with Crippen LogP contribution < -0.4 is 11.5 Å². The molecule has 7 rings (SSSR count). The Morgan fingerprint density at radius 1 is 0.451 bits per heavy atom. The van der Waals surface area contributed by atoms with Crippen LogP contribution in [0.1, 0.15) is 35.1 Å². The van der Waals surface area contributed by atoms with Crippen molar-refractivity contribution in [2.24, 2.45) is 11.5 Å². The molecule has 0 radical (unpaired) electrons. The number of aliphatic carboxylic acids is 2. The van der Waals surface area contributed by atoms with Crippen LogP contribution in [0.5, 0.6) is 0 Å². The molecule has 258 valence electrons. The zero-order valence-corrected chi connectivity index (χ0v) is 31.5. The molecule has 0 bridgehead atoms. The van der Waals surface area contributed by atoms with E-state index in [1.54, 1.807) is 56.7 Å². The third-order valence-electron chi connectivity index (χ3n) is 8.53. The molecule has 5 aromatic heterocycles. The number of rotatable bonds is 14. The minimum atomic E-state index is -0.821. The van der Waals surface area contributed by atoms with Crippen molar-refractivity contribution >= 4 is 68.6 Å². The van der Waals surface area contributed by atoms with Crippen molar-refractivity contribution in [1.82, 2.24) is 0 Å². The predicted molar refractivity (Wildman–Crippen MR) is 216 cm³/mol. The molecule has 0 saturated heterocycles. The summed E-state index contributed by atoms with van der Waals surface area (Å²) in [4.78, 5) is 34.4. The van der Waals surface area contributed by atoms with Gasteiger partial charge in [0.2, 0.25) is 0 Å². The van der Waals surface area contributed by atoms with Gasteiger partial charge < -0.3 is 21.7 Å². The Kier molecular flexibility index (Phi) is 10.8. The van der Waals surface area contributed by atoms with Crippen LogP contribution in [-0.4, -0.2) is 22.2 Å². The minimum Gasteiger partial charge on any atom is -0.481 e. The monoisotopic (exact) mass is 766 g/mol. The molecule has 51 heavy (non-hydrogen) atoms. The Labute approximate surface area is 315 Å². The first-order chi connectivity index (χ1) is 24.8. The standard InChI is InChI=1S/C40H34N2O4S5/c41-21-23-1-5-25(6-2-23)29-11-13-31(47-29)35-19-27(9-17-37(43)44)39(50-35)33-15-16-34(49-33)40-28(10-18-38(45)46)20-36(51-40)32-14-12-30(48-32)26-7-3-24(22-42)4-8-26/h1-8,11-16,19-20H,9-10,17-18,21-22,41-42H2,(H,43,44)(H,45,46). The highest BCUT2D eigenvalue weighted by Gasteiger charge is 2.20. The Morgan fingerprint density at radius 2 is 0.804 bits per heavy atom. The largest absolute Gasteiger partial charge is 0.481 e. The molecule has 5 heterocycles. The summed E-state index contributed by atoms with van der Waals surface area (Å²) in [5.41, 5.74) is 18.1. The zero-order valence-electron chi connectivity index (χ0n) is 27.4. The van der Waals surface area contributed by atoms with E-state index in [0.717, 1.165) is 72.4 Å². The van der Waals surface area contributed by atoms with Gasteiger partial charge in [0.05, 0.1) is 0 Å². The zero-order chi connectivity index (χ0) is 35.5. The number of hydrogen-bond donors (Lipinski definition) is 4. The molecular weight excluding hydrogens is 733 g/mol. The number of nitrogens with two attached hydrogens (primary N) is 2. The van der Waals surface area contributed by atoms with Gasteiger partial charge in [-0.05, 0) is 94.8 Å². The molecular formula is C40H34N2O4S5. The fraction of sp³-hybridized carbons (Fsp3) is 0.150. The second kappa shape index (κ2) is 15.6. The summed E-state index contributed by atoms with van der Waals surface area (Å²) in [6.07, 6.45) is 0.988. The summed E-state index contributed by atoms with van der Waals surface area (Å²) in [5, 5.41) is 19.1. The Balaban J connectivity index is 1.21. The smallest absolute Gasteiger partial charge is 0.303 e. The molecule has 0 spiro atoms. The highest BCUT2D eigenvalue weighted by atomic mass is 32.1.